The highest BCUT2D eigenvalue weighted by Crippen LogP contribution is 2.28. The summed E-state index contributed by atoms with van der Waals surface area (Å²) < 4.78 is 0. The molecular formula is C20H30N4O2. The van der Waals surface area contributed by atoms with Gasteiger partial charge in [0.05, 0.1) is 5.69 Å². The first kappa shape index (κ1) is 17.7. The van der Waals surface area contributed by atoms with Crippen molar-refractivity contribution in [1.29, 1.82) is 0 Å². The van der Waals surface area contributed by atoms with Crippen molar-refractivity contribution in [3.05, 3.63) is 27.4 Å². The molecule has 0 bridgehead atoms. The smallest absolute Gasteiger partial charge is 0.254 e. The molecule has 1 saturated heterocycles. The molecule has 3 aliphatic rings. The fourth-order valence-corrected chi connectivity index (χ4v) is 4.86. The number of hydrogen-bond donors (Lipinski definition) is 1. The first-order chi connectivity index (χ1) is 12.7. The molecule has 142 valence electrons. The van der Waals surface area contributed by atoms with Gasteiger partial charge >= 0.3 is 0 Å². The van der Waals surface area contributed by atoms with Crippen LogP contribution in [0, 0.1) is 0 Å². The molecule has 0 spiro atoms. The summed E-state index contributed by atoms with van der Waals surface area (Å²) in [6.45, 7) is 5.13. The first-order valence-corrected chi connectivity index (χ1v) is 10.3. The third kappa shape index (κ3) is 3.43. The van der Waals surface area contributed by atoms with E-state index in [9.17, 15) is 9.59 Å². The zero-order valence-electron chi connectivity index (χ0n) is 15.8. The lowest BCUT2D eigenvalue weighted by atomic mass is 9.92. The van der Waals surface area contributed by atoms with E-state index in [0.29, 0.717) is 19.0 Å². The zero-order chi connectivity index (χ0) is 18.1. The number of rotatable bonds is 3. The van der Waals surface area contributed by atoms with Crippen LogP contribution in [0.3, 0.4) is 0 Å². The van der Waals surface area contributed by atoms with Gasteiger partial charge in [-0.1, -0.05) is 26.2 Å². The van der Waals surface area contributed by atoms with Gasteiger partial charge in [0, 0.05) is 50.1 Å². The van der Waals surface area contributed by atoms with E-state index in [1.165, 1.54) is 32.1 Å². The largest absolute Gasteiger partial charge is 0.342 e. The van der Waals surface area contributed by atoms with Crippen molar-refractivity contribution in [2.45, 2.75) is 76.8 Å². The van der Waals surface area contributed by atoms with E-state index in [1.807, 2.05) is 11.8 Å². The third-order valence-electron chi connectivity index (χ3n) is 6.44. The molecule has 1 atom stereocenters. The molecule has 1 N–H and O–H groups in total. The van der Waals surface area contributed by atoms with E-state index in [4.69, 9.17) is 4.98 Å². The summed E-state index contributed by atoms with van der Waals surface area (Å²) in [5, 5.41) is 0. The molecule has 1 saturated carbocycles. The predicted molar refractivity (Wildman–Crippen MR) is 100 cm³/mol. The maximum atomic E-state index is 12.6. The first-order valence-electron chi connectivity index (χ1n) is 10.3. The Bertz CT molecular complexity index is 723. The Labute approximate surface area is 155 Å². The second-order valence-corrected chi connectivity index (χ2v) is 8.07. The molecule has 0 aromatic carbocycles. The fraction of sp³-hybridized carbons (Fsp3) is 0.750. The topological polar surface area (TPSA) is 69.3 Å². The Balaban J connectivity index is 1.52. The average molecular weight is 358 g/mol. The summed E-state index contributed by atoms with van der Waals surface area (Å²) in [5.74, 6) is 1.13. The van der Waals surface area contributed by atoms with Crippen LogP contribution in [0.15, 0.2) is 4.79 Å². The molecular weight excluding hydrogens is 328 g/mol. The highest BCUT2D eigenvalue weighted by molar-refractivity contribution is 5.76. The van der Waals surface area contributed by atoms with Crippen LogP contribution in [0.5, 0.6) is 0 Å². The van der Waals surface area contributed by atoms with E-state index in [-0.39, 0.29) is 17.4 Å². The molecule has 1 unspecified atom stereocenters. The molecule has 1 amide bonds. The summed E-state index contributed by atoms with van der Waals surface area (Å²) in [5.41, 5.74) is 1.88. The lowest BCUT2D eigenvalue weighted by Crippen LogP contribution is -2.42. The number of nitrogens with zero attached hydrogens (tertiary/aromatic N) is 3. The van der Waals surface area contributed by atoms with Crippen LogP contribution in [-0.4, -0.2) is 51.4 Å². The molecule has 1 aliphatic carbocycles. The van der Waals surface area contributed by atoms with Gasteiger partial charge in [0.2, 0.25) is 5.91 Å². The molecule has 6 nitrogen and oxygen atoms in total. The van der Waals surface area contributed by atoms with E-state index in [0.717, 1.165) is 49.6 Å². The van der Waals surface area contributed by atoms with Gasteiger partial charge in [-0.2, -0.15) is 0 Å². The maximum absolute atomic E-state index is 12.6. The molecule has 1 aromatic rings. The Hall–Kier alpha value is -1.69. The van der Waals surface area contributed by atoms with Gasteiger partial charge in [0.25, 0.3) is 5.56 Å². The van der Waals surface area contributed by atoms with Crippen molar-refractivity contribution in [3.8, 4) is 0 Å². The molecule has 0 radical (unpaired) electrons. The predicted octanol–water partition coefficient (Wildman–Crippen LogP) is 2.19. The quantitative estimate of drug-likeness (QED) is 0.899. The standard InChI is InChI=1S/C20H30N4O2/c1-2-18(25)24-10-8-14(12-24)19-21-17-13-23(15-6-4-3-5-7-15)11-9-16(17)20(26)22-19/h14-15H,2-13H2,1H3,(H,21,22,26). The minimum absolute atomic E-state index is 0.0357. The number of carbonyl (C=O) groups is 1. The second-order valence-electron chi connectivity index (χ2n) is 8.07. The molecule has 2 aliphatic heterocycles. The Morgan fingerprint density at radius 1 is 1.19 bits per heavy atom. The van der Waals surface area contributed by atoms with Gasteiger partial charge in [0.1, 0.15) is 5.82 Å². The molecule has 6 heteroatoms. The van der Waals surface area contributed by atoms with Gasteiger partial charge in [-0.05, 0) is 25.7 Å². The van der Waals surface area contributed by atoms with Crippen molar-refractivity contribution in [2.75, 3.05) is 19.6 Å². The van der Waals surface area contributed by atoms with Crippen molar-refractivity contribution in [1.82, 2.24) is 19.8 Å². The number of likely N-dealkylation sites (tertiary alicyclic amines) is 1. The number of nitrogens with one attached hydrogen (secondary N) is 1. The fourth-order valence-electron chi connectivity index (χ4n) is 4.86. The zero-order valence-corrected chi connectivity index (χ0v) is 15.8. The van der Waals surface area contributed by atoms with E-state index in [1.54, 1.807) is 0 Å². The van der Waals surface area contributed by atoms with Crippen LogP contribution < -0.4 is 5.56 Å². The number of carbonyl (C=O) groups excluding carboxylic acids is 1. The van der Waals surface area contributed by atoms with Crippen LogP contribution in [0.2, 0.25) is 0 Å². The minimum atomic E-state index is 0.0357. The van der Waals surface area contributed by atoms with Crippen molar-refractivity contribution < 1.29 is 4.79 Å². The number of amides is 1. The van der Waals surface area contributed by atoms with Crippen LogP contribution in [0.4, 0.5) is 0 Å². The van der Waals surface area contributed by atoms with Crippen LogP contribution >= 0.6 is 0 Å². The van der Waals surface area contributed by atoms with Gasteiger partial charge in [-0.25, -0.2) is 4.98 Å². The molecule has 3 heterocycles. The van der Waals surface area contributed by atoms with Crippen molar-refractivity contribution in [2.24, 2.45) is 0 Å². The molecule has 26 heavy (non-hydrogen) atoms. The number of hydrogen-bond acceptors (Lipinski definition) is 4. The monoisotopic (exact) mass is 358 g/mol. The summed E-state index contributed by atoms with van der Waals surface area (Å²) >= 11 is 0. The van der Waals surface area contributed by atoms with Gasteiger partial charge in [-0.3, -0.25) is 14.5 Å². The summed E-state index contributed by atoms with van der Waals surface area (Å²) in [6.07, 6.45) is 8.80. The normalized spacial score (nSPS) is 24.7. The van der Waals surface area contributed by atoms with Crippen LogP contribution in [0.1, 0.15) is 74.9 Å². The lowest BCUT2D eigenvalue weighted by Gasteiger charge is -2.37. The van der Waals surface area contributed by atoms with E-state index < -0.39 is 0 Å². The second kappa shape index (κ2) is 7.51. The van der Waals surface area contributed by atoms with Crippen LogP contribution in [-0.2, 0) is 17.8 Å². The van der Waals surface area contributed by atoms with Crippen LogP contribution in [0.25, 0.3) is 0 Å². The molecule has 2 fully saturated rings. The van der Waals surface area contributed by atoms with Gasteiger partial charge < -0.3 is 9.88 Å². The molecule has 1 aromatic heterocycles. The Kier molecular flexibility index (Phi) is 5.11. The summed E-state index contributed by atoms with van der Waals surface area (Å²) in [6, 6.07) is 0.658. The average Bonchev–Trinajstić information content (AvgIpc) is 3.18. The lowest BCUT2D eigenvalue weighted by molar-refractivity contribution is -0.129. The third-order valence-corrected chi connectivity index (χ3v) is 6.44. The van der Waals surface area contributed by atoms with E-state index >= 15 is 0 Å². The molecule has 4 rings (SSSR count). The Morgan fingerprint density at radius 3 is 2.77 bits per heavy atom. The SMILES string of the molecule is CCC(=O)N1CCC(c2nc3c(c(=O)[nH]2)CCN(C2CCCCC2)C3)C1. The number of aromatic nitrogens is 2. The van der Waals surface area contributed by atoms with Crippen molar-refractivity contribution in [3.63, 3.8) is 0 Å². The highest BCUT2D eigenvalue weighted by atomic mass is 16.2. The Morgan fingerprint density at radius 2 is 2.00 bits per heavy atom. The van der Waals surface area contributed by atoms with Crippen molar-refractivity contribution >= 4 is 5.91 Å². The van der Waals surface area contributed by atoms with E-state index in [2.05, 4.69) is 9.88 Å². The number of H-pyrrole nitrogens is 1. The van der Waals surface area contributed by atoms with Gasteiger partial charge in [-0.15, -0.1) is 0 Å². The number of aromatic amines is 1. The summed E-state index contributed by atoms with van der Waals surface area (Å²) in [7, 11) is 0. The van der Waals surface area contributed by atoms with Gasteiger partial charge in [0.15, 0.2) is 0 Å². The highest BCUT2D eigenvalue weighted by Gasteiger charge is 2.31. The maximum Gasteiger partial charge on any atom is 0.254 e. The summed E-state index contributed by atoms with van der Waals surface area (Å²) in [4.78, 5) is 36.9. The minimum Gasteiger partial charge on any atom is -0.342 e. The number of fused-ring (bicyclic) bond motifs is 1.